The predicted octanol–water partition coefficient (Wildman–Crippen LogP) is 6.33. The molecule has 6 rings (SSSR count). The number of fused-ring (bicyclic) bond motifs is 9. The molecule has 142 valence electrons. The zero-order chi connectivity index (χ0) is 19.5. The second-order valence-corrected chi connectivity index (χ2v) is 7.76. The summed E-state index contributed by atoms with van der Waals surface area (Å²) in [5.41, 5.74) is 6.60. The smallest absolute Gasteiger partial charge is 0.159 e. The third kappa shape index (κ3) is 2.52. The summed E-state index contributed by atoms with van der Waals surface area (Å²) < 4.78 is 34.2. The number of nitrogens with zero attached hydrogens (tertiary/aromatic N) is 1. The van der Waals surface area contributed by atoms with Gasteiger partial charge in [-0.1, -0.05) is 54.1 Å². The minimum absolute atomic E-state index is 0.0708. The van der Waals surface area contributed by atoms with Crippen LogP contribution in [0.5, 0.6) is 0 Å². The summed E-state index contributed by atoms with van der Waals surface area (Å²) in [4.78, 5) is 4.96. The van der Waals surface area contributed by atoms with E-state index in [9.17, 15) is 8.78 Å². The minimum Gasteiger partial charge on any atom is -0.364 e. The molecule has 0 N–H and O–H groups in total. The Morgan fingerprint density at radius 2 is 1.55 bits per heavy atom. The number of benzene rings is 3. The van der Waals surface area contributed by atoms with Gasteiger partial charge in [0.1, 0.15) is 0 Å². The van der Waals surface area contributed by atoms with Crippen LogP contribution in [0.15, 0.2) is 83.4 Å². The average molecular weight is 385 g/mol. The van der Waals surface area contributed by atoms with Gasteiger partial charge < -0.3 is 4.74 Å². The summed E-state index contributed by atoms with van der Waals surface area (Å²) in [6.07, 6.45) is 2.19. The third-order valence-electron chi connectivity index (χ3n) is 6.12. The summed E-state index contributed by atoms with van der Waals surface area (Å²) in [6, 6.07) is 20.7. The van der Waals surface area contributed by atoms with E-state index in [1.165, 1.54) is 17.7 Å². The first-order valence-electron chi connectivity index (χ1n) is 9.77. The molecule has 0 spiro atoms. The molecule has 3 heterocycles. The first kappa shape index (κ1) is 16.8. The van der Waals surface area contributed by atoms with Gasteiger partial charge in [-0.15, -0.1) is 0 Å². The monoisotopic (exact) mass is 385 g/mol. The molecule has 3 atom stereocenters. The standard InChI is InChI=1S/C25H17F2NO/c26-19-12-17-18(13-20(19)27)25-24-15(11-23(17)29-25)10-22(14-6-2-1-3-7-14)28-21-9-5-4-8-16(21)24/h1-10,12-13,23-25H,11H2/t23-,24-,25-/m1/s1. The molecule has 4 heteroatoms. The summed E-state index contributed by atoms with van der Waals surface area (Å²) in [5, 5.41) is 0. The van der Waals surface area contributed by atoms with Gasteiger partial charge in [-0.3, -0.25) is 0 Å². The van der Waals surface area contributed by atoms with Crippen molar-refractivity contribution in [3.8, 4) is 0 Å². The molecule has 3 aliphatic rings. The van der Waals surface area contributed by atoms with E-state index < -0.39 is 11.6 Å². The molecule has 3 aliphatic heterocycles. The Kier molecular flexibility index (Phi) is 3.59. The maximum absolute atomic E-state index is 14.0. The molecular weight excluding hydrogens is 368 g/mol. The molecule has 0 unspecified atom stereocenters. The lowest BCUT2D eigenvalue weighted by molar-refractivity contribution is -0.0203. The van der Waals surface area contributed by atoms with Crippen LogP contribution in [0, 0.1) is 11.6 Å². The highest BCUT2D eigenvalue weighted by Gasteiger charge is 2.46. The second-order valence-electron chi connectivity index (χ2n) is 7.76. The SMILES string of the molecule is Fc1cc2c(cc1F)[C@H]1CC3=CC(c4ccccc4)=Nc4ccccc4[C@@H]3[C@@H]2O1. The second kappa shape index (κ2) is 6.19. The fourth-order valence-corrected chi connectivity index (χ4v) is 4.84. The number of hydrogen-bond acceptors (Lipinski definition) is 2. The summed E-state index contributed by atoms with van der Waals surface area (Å²) in [5.74, 6) is -1.71. The Balaban J connectivity index is 1.57. The zero-order valence-electron chi connectivity index (χ0n) is 15.5. The van der Waals surface area contributed by atoms with Crippen molar-refractivity contribution in [1.82, 2.24) is 0 Å². The molecule has 2 bridgehead atoms. The highest BCUT2D eigenvalue weighted by molar-refractivity contribution is 6.11. The summed E-state index contributed by atoms with van der Waals surface area (Å²) in [7, 11) is 0. The van der Waals surface area contributed by atoms with E-state index in [2.05, 4.69) is 12.1 Å². The van der Waals surface area contributed by atoms with Crippen LogP contribution in [0.4, 0.5) is 14.5 Å². The van der Waals surface area contributed by atoms with Crippen LogP contribution in [-0.2, 0) is 4.74 Å². The van der Waals surface area contributed by atoms with Crippen molar-refractivity contribution in [1.29, 1.82) is 0 Å². The maximum Gasteiger partial charge on any atom is 0.159 e. The number of hydrogen-bond donors (Lipinski definition) is 0. The third-order valence-corrected chi connectivity index (χ3v) is 6.12. The predicted molar refractivity (Wildman–Crippen MR) is 107 cm³/mol. The molecule has 1 saturated heterocycles. The Hall–Kier alpha value is -3.11. The van der Waals surface area contributed by atoms with Crippen LogP contribution in [0.2, 0.25) is 0 Å². The topological polar surface area (TPSA) is 21.6 Å². The van der Waals surface area contributed by atoms with E-state index in [0.29, 0.717) is 6.42 Å². The lowest BCUT2D eigenvalue weighted by Gasteiger charge is -2.32. The molecule has 3 aromatic rings. The number of halogens is 2. The number of rotatable bonds is 1. The fraction of sp³-hybridized carbons (Fsp3) is 0.160. The summed E-state index contributed by atoms with van der Waals surface area (Å²) in [6.45, 7) is 0. The molecule has 3 aromatic carbocycles. The number of para-hydroxylation sites is 1. The van der Waals surface area contributed by atoms with Gasteiger partial charge in [0.05, 0.1) is 23.6 Å². The van der Waals surface area contributed by atoms with E-state index in [4.69, 9.17) is 9.73 Å². The number of aliphatic imine (C=N–C) groups is 1. The van der Waals surface area contributed by atoms with E-state index in [0.717, 1.165) is 33.7 Å². The number of allylic oxidation sites excluding steroid dienone is 1. The van der Waals surface area contributed by atoms with Gasteiger partial charge in [-0.25, -0.2) is 13.8 Å². The lowest BCUT2D eigenvalue weighted by Crippen LogP contribution is -2.19. The Bertz CT molecular complexity index is 1200. The molecule has 0 aliphatic carbocycles. The van der Waals surface area contributed by atoms with Crippen molar-refractivity contribution in [3.63, 3.8) is 0 Å². The molecular formula is C25H17F2NO. The van der Waals surface area contributed by atoms with Crippen molar-refractivity contribution >= 4 is 11.4 Å². The van der Waals surface area contributed by atoms with Gasteiger partial charge in [-0.05, 0) is 47.4 Å². The molecule has 1 fully saturated rings. The van der Waals surface area contributed by atoms with Crippen molar-refractivity contribution in [2.75, 3.05) is 0 Å². The molecule has 0 radical (unpaired) electrons. The van der Waals surface area contributed by atoms with Crippen molar-refractivity contribution in [2.45, 2.75) is 24.5 Å². The van der Waals surface area contributed by atoms with E-state index in [1.54, 1.807) is 0 Å². The fourth-order valence-electron chi connectivity index (χ4n) is 4.84. The normalized spacial score (nSPS) is 24.0. The Labute approximate surface area is 167 Å². The van der Waals surface area contributed by atoms with Crippen LogP contribution in [-0.4, -0.2) is 5.71 Å². The van der Waals surface area contributed by atoms with E-state index >= 15 is 0 Å². The van der Waals surface area contributed by atoms with Gasteiger partial charge in [-0.2, -0.15) is 0 Å². The van der Waals surface area contributed by atoms with Crippen LogP contribution in [0.1, 0.15) is 46.8 Å². The number of ether oxygens (including phenoxy) is 1. The Morgan fingerprint density at radius 3 is 2.38 bits per heavy atom. The molecule has 0 aromatic heterocycles. The lowest BCUT2D eigenvalue weighted by atomic mass is 9.81. The van der Waals surface area contributed by atoms with Crippen molar-refractivity contribution in [2.24, 2.45) is 4.99 Å². The molecule has 0 saturated carbocycles. The van der Waals surface area contributed by atoms with Crippen LogP contribution in [0.25, 0.3) is 0 Å². The Morgan fingerprint density at radius 1 is 0.828 bits per heavy atom. The van der Waals surface area contributed by atoms with Crippen molar-refractivity contribution in [3.05, 3.63) is 112 Å². The molecule has 29 heavy (non-hydrogen) atoms. The summed E-state index contributed by atoms with van der Waals surface area (Å²) >= 11 is 0. The van der Waals surface area contributed by atoms with Gasteiger partial charge in [0.15, 0.2) is 11.6 Å². The zero-order valence-corrected chi connectivity index (χ0v) is 15.5. The van der Waals surface area contributed by atoms with Crippen LogP contribution >= 0.6 is 0 Å². The van der Waals surface area contributed by atoms with Crippen LogP contribution < -0.4 is 0 Å². The quantitative estimate of drug-likeness (QED) is 0.480. The highest BCUT2D eigenvalue weighted by atomic mass is 19.2. The maximum atomic E-state index is 14.0. The van der Waals surface area contributed by atoms with E-state index in [-0.39, 0.29) is 18.1 Å². The van der Waals surface area contributed by atoms with Gasteiger partial charge in [0.25, 0.3) is 0 Å². The van der Waals surface area contributed by atoms with Crippen molar-refractivity contribution < 1.29 is 13.5 Å². The largest absolute Gasteiger partial charge is 0.364 e. The van der Waals surface area contributed by atoms with Crippen LogP contribution in [0.3, 0.4) is 0 Å². The van der Waals surface area contributed by atoms with Gasteiger partial charge in [0.2, 0.25) is 0 Å². The molecule has 2 nitrogen and oxygen atoms in total. The van der Waals surface area contributed by atoms with Gasteiger partial charge in [0, 0.05) is 11.5 Å². The van der Waals surface area contributed by atoms with Gasteiger partial charge >= 0.3 is 0 Å². The molecule has 0 amide bonds. The van der Waals surface area contributed by atoms with E-state index in [1.807, 2.05) is 48.5 Å². The highest BCUT2D eigenvalue weighted by Crippen LogP contribution is 2.58. The minimum atomic E-state index is -0.825. The first-order valence-corrected chi connectivity index (χ1v) is 9.77. The first-order chi connectivity index (χ1) is 14.2. The average Bonchev–Trinajstić information content (AvgIpc) is 2.91.